The van der Waals surface area contributed by atoms with Gasteiger partial charge in [0.25, 0.3) is 0 Å². The molecule has 0 atom stereocenters. The molecule has 8 nitrogen and oxygen atoms in total. The molecule has 0 bridgehead atoms. The van der Waals surface area contributed by atoms with Gasteiger partial charge in [0.2, 0.25) is 5.91 Å². The van der Waals surface area contributed by atoms with Crippen molar-refractivity contribution in [1.82, 2.24) is 14.6 Å². The minimum absolute atomic E-state index is 0.215. The number of anilines is 3. The van der Waals surface area contributed by atoms with Gasteiger partial charge in [-0.15, -0.1) is 0 Å². The van der Waals surface area contributed by atoms with E-state index >= 15 is 0 Å². The molecule has 0 radical (unpaired) electrons. The quantitative estimate of drug-likeness (QED) is 0.582. The first-order chi connectivity index (χ1) is 14.6. The van der Waals surface area contributed by atoms with Gasteiger partial charge in [-0.3, -0.25) is 4.79 Å². The number of benzene rings is 1. The normalized spacial score (nSPS) is 11.4. The number of carbonyl (C=O) groups is 2. The van der Waals surface area contributed by atoms with E-state index in [4.69, 9.17) is 4.74 Å². The fraction of sp³-hybridized carbons (Fsp3) is 0.304. The largest absolute Gasteiger partial charge is 0.443 e. The summed E-state index contributed by atoms with van der Waals surface area (Å²) in [5, 5.41) is 7.18. The Bertz CT molecular complexity index is 1130. The molecule has 3 rings (SSSR count). The maximum absolute atomic E-state index is 13.3. The number of fused-ring (bicyclic) bond motifs is 1. The molecule has 0 fully saturated rings. The van der Waals surface area contributed by atoms with Crippen molar-refractivity contribution >= 4 is 34.8 Å². The van der Waals surface area contributed by atoms with Crippen LogP contribution in [0.1, 0.15) is 46.1 Å². The van der Waals surface area contributed by atoms with Crippen LogP contribution in [0.3, 0.4) is 0 Å². The predicted molar refractivity (Wildman–Crippen MR) is 121 cm³/mol. The molecule has 3 aromatic rings. The van der Waals surface area contributed by atoms with Crippen molar-refractivity contribution in [2.75, 3.05) is 10.2 Å². The van der Waals surface area contributed by atoms with Crippen LogP contribution in [-0.2, 0) is 9.53 Å². The Hall–Kier alpha value is -3.68. The van der Waals surface area contributed by atoms with E-state index in [2.05, 4.69) is 35.8 Å². The average molecular weight is 422 g/mol. The number of hydrogen-bond donors (Lipinski definition) is 1. The van der Waals surface area contributed by atoms with Gasteiger partial charge in [0, 0.05) is 23.5 Å². The molecule has 0 saturated carbocycles. The average Bonchev–Trinajstić information content (AvgIpc) is 3.12. The summed E-state index contributed by atoms with van der Waals surface area (Å²) in [6, 6.07) is 8.61. The van der Waals surface area contributed by atoms with E-state index in [1.165, 1.54) is 11.0 Å². The smallest absolute Gasteiger partial charge is 0.420 e. The third-order valence-electron chi connectivity index (χ3n) is 4.39. The standard InChI is InChI=1S/C23H27N5O3/c1-7-19(29)26-16-9-8-10-17(13-16)27(22(30)31-23(4,5)6)20-11-12-24-21-18(15(2)3)14-25-28(20)21/h7-15H,1H2,2-6H3,(H,26,29). The highest BCUT2D eigenvalue weighted by Gasteiger charge is 2.28. The van der Waals surface area contributed by atoms with Gasteiger partial charge in [-0.1, -0.05) is 26.5 Å². The van der Waals surface area contributed by atoms with Crippen LogP contribution in [0.4, 0.5) is 22.0 Å². The minimum atomic E-state index is -0.705. The van der Waals surface area contributed by atoms with Crippen LogP contribution in [0.2, 0.25) is 0 Å². The molecule has 1 N–H and O–H groups in total. The van der Waals surface area contributed by atoms with E-state index in [0.717, 1.165) is 5.56 Å². The predicted octanol–water partition coefficient (Wildman–Crippen LogP) is 5.05. The zero-order chi connectivity index (χ0) is 22.8. The van der Waals surface area contributed by atoms with Crippen LogP contribution < -0.4 is 10.2 Å². The Morgan fingerprint density at radius 2 is 2.00 bits per heavy atom. The Morgan fingerprint density at radius 1 is 1.26 bits per heavy atom. The number of nitrogens with zero attached hydrogens (tertiary/aromatic N) is 4. The lowest BCUT2D eigenvalue weighted by molar-refractivity contribution is -0.111. The maximum Gasteiger partial charge on any atom is 0.420 e. The van der Waals surface area contributed by atoms with Crippen LogP contribution >= 0.6 is 0 Å². The number of amides is 2. The van der Waals surface area contributed by atoms with Crippen molar-refractivity contribution in [2.24, 2.45) is 0 Å². The summed E-state index contributed by atoms with van der Waals surface area (Å²) in [6.07, 6.45) is 4.00. The van der Waals surface area contributed by atoms with Crippen LogP contribution in [0.5, 0.6) is 0 Å². The number of ether oxygens (including phenoxy) is 1. The third kappa shape index (κ3) is 4.91. The van der Waals surface area contributed by atoms with Crippen molar-refractivity contribution in [3.63, 3.8) is 0 Å². The molecule has 2 amide bonds. The first-order valence-corrected chi connectivity index (χ1v) is 10.00. The summed E-state index contributed by atoms with van der Waals surface area (Å²) < 4.78 is 7.30. The highest BCUT2D eigenvalue weighted by Crippen LogP contribution is 2.31. The van der Waals surface area contributed by atoms with Crippen molar-refractivity contribution in [1.29, 1.82) is 0 Å². The second-order valence-corrected chi connectivity index (χ2v) is 8.35. The molecule has 0 aliphatic rings. The Labute approximate surface area is 181 Å². The van der Waals surface area contributed by atoms with Crippen LogP contribution in [-0.4, -0.2) is 32.2 Å². The highest BCUT2D eigenvalue weighted by molar-refractivity contribution is 6.00. The topological polar surface area (TPSA) is 88.8 Å². The monoisotopic (exact) mass is 421 g/mol. The van der Waals surface area contributed by atoms with E-state index in [9.17, 15) is 9.59 Å². The van der Waals surface area contributed by atoms with E-state index in [0.29, 0.717) is 22.8 Å². The fourth-order valence-electron chi connectivity index (χ4n) is 3.03. The summed E-state index contributed by atoms with van der Waals surface area (Å²) in [6.45, 7) is 13.0. The summed E-state index contributed by atoms with van der Waals surface area (Å²) in [5.41, 5.74) is 1.95. The van der Waals surface area contributed by atoms with E-state index in [1.54, 1.807) is 68.0 Å². The first-order valence-electron chi connectivity index (χ1n) is 10.00. The van der Waals surface area contributed by atoms with E-state index < -0.39 is 11.7 Å². The van der Waals surface area contributed by atoms with Crippen molar-refractivity contribution < 1.29 is 14.3 Å². The lowest BCUT2D eigenvalue weighted by Crippen LogP contribution is -2.35. The molecule has 0 aliphatic carbocycles. The lowest BCUT2D eigenvalue weighted by Gasteiger charge is -2.27. The Morgan fingerprint density at radius 3 is 2.65 bits per heavy atom. The van der Waals surface area contributed by atoms with Gasteiger partial charge < -0.3 is 10.1 Å². The zero-order valence-corrected chi connectivity index (χ0v) is 18.4. The number of rotatable bonds is 5. The second-order valence-electron chi connectivity index (χ2n) is 8.35. The molecular weight excluding hydrogens is 394 g/mol. The zero-order valence-electron chi connectivity index (χ0n) is 18.4. The van der Waals surface area contributed by atoms with E-state index in [-0.39, 0.29) is 11.8 Å². The molecule has 2 heterocycles. The molecule has 0 saturated heterocycles. The van der Waals surface area contributed by atoms with Crippen LogP contribution in [0.15, 0.2) is 55.4 Å². The SMILES string of the molecule is C=CC(=O)Nc1cccc(N(C(=O)OC(C)(C)C)c2ccnc3c(C(C)C)cnn23)c1. The van der Waals surface area contributed by atoms with Gasteiger partial charge >= 0.3 is 6.09 Å². The second kappa shape index (κ2) is 8.59. The molecule has 1 aromatic carbocycles. The molecule has 2 aromatic heterocycles. The highest BCUT2D eigenvalue weighted by atomic mass is 16.6. The third-order valence-corrected chi connectivity index (χ3v) is 4.39. The van der Waals surface area contributed by atoms with Gasteiger partial charge in [0.15, 0.2) is 5.65 Å². The molecular formula is C23H27N5O3. The van der Waals surface area contributed by atoms with Gasteiger partial charge in [-0.2, -0.15) is 9.61 Å². The van der Waals surface area contributed by atoms with Gasteiger partial charge in [0.1, 0.15) is 11.4 Å². The molecule has 0 spiro atoms. The molecule has 31 heavy (non-hydrogen) atoms. The molecule has 0 aliphatic heterocycles. The summed E-state index contributed by atoms with van der Waals surface area (Å²) >= 11 is 0. The first kappa shape index (κ1) is 22.0. The van der Waals surface area contributed by atoms with Crippen molar-refractivity contribution in [3.8, 4) is 0 Å². The van der Waals surface area contributed by atoms with Crippen LogP contribution in [0.25, 0.3) is 5.65 Å². The summed E-state index contributed by atoms with van der Waals surface area (Å²) in [5.74, 6) is 0.340. The minimum Gasteiger partial charge on any atom is -0.443 e. The number of nitrogens with one attached hydrogen (secondary N) is 1. The Balaban J connectivity index is 2.16. The summed E-state index contributed by atoms with van der Waals surface area (Å²) in [7, 11) is 0. The van der Waals surface area contributed by atoms with Gasteiger partial charge in [-0.25, -0.2) is 14.7 Å². The molecule has 0 unspecified atom stereocenters. The van der Waals surface area contributed by atoms with E-state index in [1.807, 2.05) is 0 Å². The number of aromatic nitrogens is 3. The van der Waals surface area contributed by atoms with Gasteiger partial charge in [0.05, 0.1) is 11.9 Å². The lowest BCUT2D eigenvalue weighted by atomic mass is 10.1. The number of carbonyl (C=O) groups excluding carboxylic acids is 2. The van der Waals surface area contributed by atoms with Crippen molar-refractivity contribution in [2.45, 2.75) is 46.1 Å². The summed E-state index contributed by atoms with van der Waals surface area (Å²) in [4.78, 5) is 30.9. The molecule has 8 heteroatoms. The fourth-order valence-corrected chi connectivity index (χ4v) is 3.03. The molecule has 162 valence electrons. The van der Waals surface area contributed by atoms with Gasteiger partial charge in [-0.05, 0) is 51.0 Å². The van der Waals surface area contributed by atoms with Crippen LogP contribution in [0, 0.1) is 0 Å². The Kier molecular flexibility index (Phi) is 6.10. The maximum atomic E-state index is 13.3. The number of hydrogen-bond acceptors (Lipinski definition) is 5. The van der Waals surface area contributed by atoms with Crippen molar-refractivity contribution in [3.05, 3.63) is 60.9 Å².